The molecule has 3 N–H and O–H groups in total. The van der Waals surface area contributed by atoms with Gasteiger partial charge in [0.25, 0.3) is 5.91 Å². The summed E-state index contributed by atoms with van der Waals surface area (Å²) in [7, 11) is -2.67. The van der Waals surface area contributed by atoms with Crippen LogP contribution >= 0.6 is 0 Å². The zero-order valence-corrected chi connectivity index (χ0v) is 21.4. The number of piperidine rings is 1. The highest BCUT2D eigenvalue weighted by Crippen LogP contribution is 2.33. The van der Waals surface area contributed by atoms with Gasteiger partial charge in [0.15, 0.2) is 6.10 Å². The molecule has 4 rings (SSSR count). The summed E-state index contributed by atoms with van der Waals surface area (Å²) in [5.41, 5.74) is 1.35. The lowest BCUT2D eigenvalue weighted by Crippen LogP contribution is -2.45. The summed E-state index contributed by atoms with van der Waals surface area (Å²) in [5, 5.41) is 22.6. The summed E-state index contributed by atoms with van der Waals surface area (Å²) in [4.78, 5) is 14.6. The van der Waals surface area contributed by atoms with Crippen LogP contribution in [-0.2, 0) is 27.8 Å². The van der Waals surface area contributed by atoms with E-state index in [-0.39, 0.29) is 6.04 Å². The SMILES string of the molecule is FC(F)(F)c1ccccc1.O=C(NC1CCOc2cc(CN3CCCCC3)ccc21)[C@H](O)[C@H](O)C=S(=O)=O. The van der Waals surface area contributed by atoms with Crippen molar-refractivity contribution in [2.45, 2.75) is 56.7 Å². The quantitative estimate of drug-likeness (QED) is 0.469. The van der Waals surface area contributed by atoms with Gasteiger partial charge in [-0.25, -0.2) is 0 Å². The van der Waals surface area contributed by atoms with Crippen LogP contribution in [0.3, 0.4) is 0 Å². The number of nitrogens with one attached hydrogen (secondary N) is 1. The lowest BCUT2D eigenvalue weighted by atomic mass is 9.98. The lowest BCUT2D eigenvalue weighted by molar-refractivity contribution is -0.137. The lowest BCUT2D eigenvalue weighted by Gasteiger charge is -2.30. The van der Waals surface area contributed by atoms with E-state index in [1.165, 1.54) is 31.4 Å². The average molecular weight is 557 g/mol. The normalized spacial score (nSPS) is 19.0. The molecular formula is C26H31F3N2O6S. The number of halogens is 3. The third-order valence-corrected chi connectivity index (χ3v) is 6.73. The van der Waals surface area contributed by atoms with Crippen LogP contribution in [0.1, 0.15) is 48.4 Å². The number of amides is 1. The molecular weight excluding hydrogens is 525 g/mol. The van der Waals surface area contributed by atoms with E-state index in [1.54, 1.807) is 6.07 Å². The van der Waals surface area contributed by atoms with Crippen LogP contribution in [0.25, 0.3) is 0 Å². The molecule has 8 nitrogen and oxygen atoms in total. The van der Waals surface area contributed by atoms with Crippen LogP contribution in [0, 0.1) is 0 Å². The van der Waals surface area contributed by atoms with Gasteiger partial charge in [0, 0.05) is 18.5 Å². The Morgan fingerprint density at radius 2 is 1.79 bits per heavy atom. The zero-order valence-electron chi connectivity index (χ0n) is 20.6. The van der Waals surface area contributed by atoms with Crippen molar-refractivity contribution in [1.29, 1.82) is 0 Å². The number of benzene rings is 2. The monoisotopic (exact) mass is 556 g/mol. The van der Waals surface area contributed by atoms with E-state index in [0.29, 0.717) is 24.1 Å². The molecule has 2 aromatic carbocycles. The molecule has 1 saturated heterocycles. The number of hydrogen-bond donors (Lipinski definition) is 3. The fourth-order valence-electron chi connectivity index (χ4n) is 4.29. The first-order valence-corrected chi connectivity index (χ1v) is 13.4. The Morgan fingerprint density at radius 3 is 2.39 bits per heavy atom. The predicted octanol–water partition coefficient (Wildman–Crippen LogP) is 2.72. The Kier molecular flexibility index (Phi) is 10.7. The van der Waals surface area contributed by atoms with Crippen LogP contribution in [-0.4, -0.2) is 66.7 Å². The van der Waals surface area contributed by atoms with Crippen LogP contribution < -0.4 is 10.1 Å². The molecule has 2 aliphatic heterocycles. The maximum atomic E-state index is 12.2. The van der Waals surface area contributed by atoms with E-state index in [2.05, 4.69) is 10.2 Å². The molecule has 38 heavy (non-hydrogen) atoms. The minimum absolute atomic E-state index is 0.375. The summed E-state index contributed by atoms with van der Waals surface area (Å²) < 4.78 is 62.3. The van der Waals surface area contributed by atoms with Crippen LogP contribution in [0.2, 0.25) is 0 Å². The Hall–Kier alpha value is -2.93. The van der Waals surface area contributed by atoms with E-state index in [9.17, 15) is 36.6 Å². The molecule has 208 valence electrons. The maximum Gasteiger partial charge on any atom is 0.416 e. The standard InChI is InChI=1S/C19H26N2O6S.C7H5F3/c22-16(12-28(25)26)18(23)19(24)20-15-6-9-27-17-10-13(4-5-14(15)17)11-21-7-2-1-3-8-21;8-7(9,10)6-4-2-1-3-5-6/h4-5,10,12,15-16,18,22-23H,1-3,6-9,11H2,(H,20,24);1-5H/t15?,16-,18-;/m1./s1. The first kappa shape index (κ1) is 29.6. The molecule has 0 radical (unpaired) electrons. The smallest absolute Gasteiger partial charge is 0.416 e. The highest BCUT2D eigenvalue weighted by Gasteiger charge is 2.30. The van der Waals surface area contributed by atoms with Gasteiger partial charge in [0.2, 0.25) is 10.3 Å². The van der Waals surface area contributed by atoms with Gasteiger partial charge in [-0.3, -0.25) is 9.69 Å². The largest absolute Gasteiger partial charge is 0.493 e. The van der Waals surface area contributed by atoms with Gasteiger partial charge in [-0.2, -0.15) is 21.6 Å². The number of fused-ring (bicyclic) bond motifs is 1. The number of carbonyl (C=O) groups is 1. The highest BCUT2D eigenvalue weighted by atomic mass is 32.2. The molecule has 0 aromatic heterocycles. The first-order valence-electron chi connectivity index (χ1n) is 12.2. The van der Waals surface area contributed by atoms with Crippen LogP contribution in [0.15, 0.2) is 48.5 Å². The van der Waals surface area contributed by atoms with Crippen molar-refractivity contribution in [3.05, 3.63) is 65.2 Å². The number of carbonyl (C=O) groups excluding carboxylic acids is 1. The third kappa shape index (κ3) is 8.83. The fraction of sp³-hybridized carbons (Fsp3) is 0.462. The van der Waals surface area contributed by atoms with E-state index in [0.717, 1.165) is 42.9 Å². The van der Waals surface area contributed by atoms with Crippen molar-refractivity contribution in [1.82, 2.24) is 10.2 Å². The van der Waals surface area contributed by atoms with E-state index in [4.69, 9.17) is 4.74 Å². The summed E-state index contributed by atoms with van der Waals surface area (Å²) in [6.07, 6.45) is -3.60. The van der Waals surface area contributed by atoms with Crippen molar-refractivity contribution < 1.29 is 41.3 Å². The minimum Gasteiger partial charge on any atom is -0.493 e. The number of nitrogens with zero attached hydrogens (tertiary/aromatic N) is 1. The van der Waals surface area contributed by atoms with Crippen LogP contribution in [0.4, 0.5) is 13.2 Å². The number of hydrogen-bond acceptors (Lipinski definition) is 7. The van der Waals surface area contributed by atoms with Crippen molar-refractivity contribution in [2.75, 3.05) is 19.7 Å². The van der Waals surface area contributed by atoms with Gasteiger partial charge in [-0.05, 0) is 37.6 Å². The van der Waals surface area contributed by atoms with Crippen molar-refractivity contribution in [3.63, 3.8) is 0 Å². The molecule has 2 heterocycles. The molecule has 12 heteroatoms. The van der Waals surface area contributed by atoms with Crippen molar-refractivity contribution in [2.24, 2.45) is 0 Å². The average Bonchev–Trinajstić information content (AvgIpc) is 2.89. The topological polar surface area (TPSA) is 116 Å². The van der Waals surface area contributed by atoms with Gasteiger partial charge in [-0.1, -0.05) is 48.9 Å². The molecule has 0 bridgehead atoms. The summed E-state index contributed by atoms with van der Waals surface area (Å²) >= 11 is 0. The number of aliphatic hydroxyl groups excluding tert-OH is 2. The summed E-state index contributed by atoms with van der Waals surface area (Å²) in [6.45, 7) is 3.48. The molecule has 2 aliphatic rings. The second kappa shape index (κ2) is 13.7. The summed E-state index contributed by atoms with van der Waals surface area (Å²) in [6, 6.07) is 11.9. The second-order valence-electron chi connectivity index (χ2n) is 9.10. The molecule has 1 fully saturated rings. The number of aliphatic hydroxyl groups is 2. The number of likely N-dealkylation sites (tertiary alicyclic amines) is 1. The highest BCUT2D eigenvalue weighted by molar-refractivity contribution is 7.71. The van der Waals surface area contributed by atoms with E-state index >= 15 is 0 Å². The van der Waals surface area contributed by atoms with Crippen molar-refractivity contribution in [3.8, 4) is 5.75 Å². The number of ether oxygens (including phenoxy) is 1. The van der Waals surface area contributed by atoms with Gasteiger partial charge in [-0.15, -0.1) is 0 Å². The minimum atomic E-state index is -4.21. The molecule has 0 aliphatic carbocycles. The van der Waals surface area contributed by atoms with Gasteiger partial charge >= 0.3 is 6.18 Å². The fourth-order valence-corrected chi connectivity index (χ4v) is 4.66. The molecule has 0 saturated carbocycles. The molecule has 1 amide bonds. The van der Waals surface area contributed by atoms with E-state index in [1.807, 2.05) is 18.2 Å². The van der Waals surface area contributed by atoms with Gasteiger partial charge in [0.05, 0.1) is 23.6 Å². The molecule has 0 spiro atoms. The Balaban J connectivity index is 0.000000336. The van der Waals surface area contributed by atoms with Gasteiger partial charge in [0.1, 0.15) is 11.9 Å². The summed E-state index contributed by atoms with van der Waals surface area (Å²) in [5.74, 6) is -0.127. The third-order valence-electron chi connectivity index (χ3n) is 6.23. The maximum absolute atomic E-state index is 12.2. The van der Waals surface area contributed by atoms with Crippen LogP contribution in [0.5, 0.6) is 5.75 Å². The second-order valence-corrected chi connectivity index (χ2v) is 9.90. The Labute approximate surface area is 220 Å². The number of rotatable bonds is 6. The Morgan fingerprint density at radius 1 is 1.11 bits per heavy atom. The molecule has 3 atom stereocenters. The zero-order chi connectivity index (χ0) is 27.7. The van der Waals surface area contributed by atoms with E-state index < -0.39 is 40.1 Å². The molecule has 2 aromatic rings. The number of alkyl halides is 3. The Bertz CT molecular complexity index is 1190. The first-order chi connectivity index (χ1) is 18.0. The predicted molar refractivity (Wildman–Crippen MR) is 135 cm³/mol. The molecule has 1 unspecified atom stereocenters. The van der Waals surface area contributed by atoms with Gasteiger partial charge < -0.3 is 20.3 Å². The van der Waals surface area contributed by atoms with Crippen molar-refractivity contribution >= 4 is 21.6 Å².